The van der Waals surface area contributed by atoms with Crippen molar-refractivity contribution in [3.8, 4) is 40.2 Å². The minimum Gasteiger partial charge on any atom is -0.510 e. The molecule has 0 bridgehead atoms. The van der Waals surface area contributed by atoms with Crippen LogP contribution >= 0.6 is 23.1 Å². The van der Waals surface area contributed by atoms with Gasteiger partial charge in [-0.1, -0.05) is 23.9 Å². The van der Waals surface area contributed by atoms with Gasteiger partial charge in [-0.25, -0.2) is 9.37 Å². The molecular formula is C26H22FN5O3S2. The van der Waals surface area contributed by atoms with Gasteiger partial charge in [-0.15, -0.1) is 21.5 Å². The van der Waals surface area contributed by atoms with E-state index in [1.54, 1.807) is 44.6 Å². The Hall–Kier alpha value is -3.88. The maximum atomic E-state index is 14.4. The summed E-state index contributed by atoms with van der Waals surface area (Å²) >= 11 is 2.51. The first kappa shape index (κ1) is 24.8. The summed E-state index contributed by atoms with van der Waals surface area (Å²) in [7, 11) is 3.13. The van der Waals surface area contributed by atoms with E-state index in [4.69, 9.17) is 9.47 Å². The molecule has 1 saturated carbocycles. The monoisotopic (exact) mass is 535 g/mol. The minimum absolute atomic E-state index is 0.0935. The third-order valence-corrected chi connectivity index (χ3v) is 7.64. The van der Waals surface area contributed by atoms with E-state index in [0.29, 0.717) is 38.7 Å². The van der Waals surface area contributed by atoms with Crippen LogP contribution in [0.5, 0.6) is 11.5 Å². The maximum Gasteiger partial charge on any atom is 0.192 e. The van der Waals surface area contributed by atoms with Crippen LogP contribution in [0.4, 0.5) is 4.39 Å². The van der Waals surface area contributed by atoms with Gasteiger partial charge in [-0.2, -0.15) is 5.26 Å². The Morgan fingerprint density at radius 2 is 1.97 bits per heavy atom. The quantitative estimate of drug-likeness (QED) is 0.155. The van der Waals surface area contributed by atoms with Gasteiger partial charge in [0, 0.05) is 17.0 Å². The largest absolute Gasteiger partial charge is 0.510 e. The summed E-state index contributed by atoms with van der Waals surface area (Å²) in [5.74, 6) is 1.25. The van der Waals surface area contributed by atoms with Crippen LogP contribution in [0.1, 0.15) is 23.9 Å². The van der Waals surface area contributed by atoms with Crippen LogP contribution in [0.15, 0.2) is 58.8 Å². The van der Waals surface area contributed by atoms with Crippen LogP contribution < -0.4 is 9.47 Å². The van der Waals surface area contributed by atoms with Gasteiger partial charge < -0.3 is 14.6 Å². The van der Waals surface area contributed by atoms with Crippen LogP contribution in [0.2, 0.25) is 0 Å². The summed E-state index contributed by atoms with van der Waals surface area (Å²) in [5, 5.41) is 31.9. The van der Waals surface area contributed by atoms with E-state index in [2.05, 4.69) is 21.3 Å². The summed E-state index contributed by atoms with van der Waals surface area (Å²) < 4.78 is 27.0. The molecule has 0 aliphatic heterocycles. The molecule has 5 rings (SSSR count). The number of methoxy groups -OCH3 is 2. The van der Waals surface area contributed by atoms with E-state index in [9.17, 15) is 14.8 Å². The average Bonchev–Trinajstić information content (AvgIpc) is 3.49. The molecule has 0 unspecified atom stereocenters. The van der Waals surface area contributed by atoms with Crippen LogP contribution in [0.3, 0.4) is 0 Å². The summed E-state index contributed by atoms with van der Waals surface area (Å²) in [5.41, 5.74) is 1.93. The summed E-state index contributed by atoms with van der Waals surface area (Å²) in [6, 6.07) is 14.2. The van der Waals surface area contributed by atoms with E-state index >= 15 is 0 Å². The number of halogens is 1. The Kier molecular flexibility index (Phi) is 7.12. The number of thioether (sulfide) groups is 1. The van der Waals surface area contributed by atoms with Crippen molar-refractivity contribution in [1.82, 2.24) is 19.7 Å². The highest BCUT2D eigenvalue weighted by molar-refractivity contribution is 7.99. The molecule has 37 heavy (non-hydrogen) atoms. The summed E-state index contributed by atoms with van der Waals surface area (Å²) in [6.07, 6.45) is 1.91. The average molecular weight is 536 g/mol. The zero-order chi connectivity index (χ0) is 25.9. The predicted octanol–water partition coefficient (Wildman–Crippen LogP) is 6.14. The lowest BCUT2D eigenvalue weighted by atomic mass is 10.1. The Balaban J connectivity index is 1.38. The van der Waals surface area contributed by atoms with Gasteiger partial charge in [-0.3, -0.25) is 4.57 Å². The first-order valence-electron chi connectivity index (χ1n) is 11.4. The summed E-state index contributed by atoms with van der Waals surface area (Å²) in [6.45, 7) is 0. The van der Waals surface area contributed by atoms with Crippen molar-refractivity contribution in [3.63, 3.8) is 0 Å². The predicted molar refractivity (Wildman–Crippen MR) is 140 cm³/mol. The lowest BCUT2D eigenvalue weighted by Crippen LogP contribution is -2.02. The number of allylic oxidation sites excluding steroid dienone is 1. The van der Waals surface area contributed by atoms with Gasteiger partial charge in [0.05, 0.1) is 31.2 Å². The first-order valence-corrected chi connectivity index (χ1v) is 13.2. The highest BCUT2D eigenvalue weighted by Gasteiger charge is 2.31. The number of thiazole rings is 1. The molecule has 11 heteroatoms. The molecule has 8 nitrogen and oxygen atoms in total. The van der Waals surface area contributed by atoms with Crippen LogP contribution in [0, 0.1) is 17.1 Å². The molecule has 4 aromatic rings. The second kappa shape index (κ2) is 10.6. The normalized spacial score (nSPS) is 13.7. The fourth-order valence-electron chi connectivity index (χ4n) is 3.82. The van der Waals surface area contributed by atoms with Gasteiger partial charge >= 0.3 is 0 Å². The van der Waals surface area contributed by atoms with Gasteiger partial charge in [0.1, 0.15) is 28.2 Å². The molecule has 1 aliphatic rings. The third kappa shape index (κ3) is 5.03. The maximum absolute atomic E-state index is 14.4. The van der Waals surface area contributed by atoms with Crippen molar-refractivity contribution in [1.29, 1.82) is 5.26 Å². The highest BCUT2D eigenvalue weighted by Crippen LogP contribution is 2.42. The molecule has 1 fully saturated rings. The van der Waals surface area contributed by atoms with Gasteiger partial charge in [0.15, 0.2) is 22.5 Å². The van der Waals surface area contributed by atoms with Crippen LogP contribution in [-0.2, 0) is 0 Å². The highest BCUT2D eigenvalue weighted by atomic mass is 32.2. The van der Waals surface area contributed by atoms with E-state index in [0.717, 1.165) is 18.4 Å². The molecule has 0 atom stereocenters. The second-order valence-electron chi connectivity index (χ2n) is 8.22. The number of hydrogen-bond donors (Lipinski definition) is 1. The van der Waals surface area contributed by atoms with Crippen LogP contribution in [0.25, 0.3) is 28.2 Å². The molecule has 1 N–H and O–H groups in total. The van der Waals surface area contributed by atoms with Gasteiger partial charge in [-0.05, 0) is 43.2 Å². The zero-order valence-corrected chi connectivity index (χ0v) is 21.6. The van der Waals surface area contributed by atoms with Crippen molar-refractivity contribution in [2.75, 3.05) is 20.0 Å². The molecule has 0 spiro atoms. The number of aliphatic hydroxyl groups excluding tert-OH is 1. The summed E-state index contributed by atoms with van der Waals surface area (Å²) in [4.78, 5) is 4.57. The standard InChI is InChI=1S/C26H22FN5O3S2/c1-34-22-10-7-15(11-23(22)35-2)20-13-36-25(29-20)18(12-28)21(33)14-37-26-31-30-24(32(26)16-8-9-16)17-5-3-4-6-19(17)27/h3-7,10-11,13,16,33H,8-9,14H2,1-2H3/b21-18-. The number of nitriles is 1. The van der Waals surface area contributed by atoms with Crippen molar-refractivity contribution >= 4 is 28.7 Å². The lowest BCUT2D eigenvalue weighted by Gasteiger charge is -2.09. The lowest BCUT2D eigenvalue weighted by molar-refractivity contribution is 0.355. The fraction of sp³-hybridized carbons (Fsp3) is 0.231. The number of nitrogens with zero attached hydrogens (tertiary/aromatic N) is 5. The molecule has 0 radical (unpaired) electrons. The SMILES string of the molecule is COc1ccc(-c2csc(/C(C#N)=C(\O)CSc3nnc(-c4ccccc4F)n3C3CC3)n2)cc1OC. The van der Waals surface area contributed by atoms with Gasteiger partial charge in [0.2, 0.25) is 0 Å². The van der Waals surface area contributed by atoms with Gasteiger partial charge in [0.25, 0.3) is 0 Å². The molecule has 1 aliphatic carbocycles. The first-order chi connectivity index (χ1) is 18.0. The number of aromatic nitrogens is 4. The molecule has 188 valence electrons. The fourth-order valence-corrected chi connectivity index (χ4v) is 5.55. The molecular weight excluding hydrogens is 513 g/mol. The minimum atomic E-state index is -0.364. The van der Waals surface area contributed by atoms with E-state index in [-0.39, 0.29) is 28.9 Å². The molecule has 2 heterocycles. The van der Waals surface area contributed by atoms with E-state index in [1.165, 1.54) is 29.2 Å². The molecule has 0 saturated heterocycles. The van der Waals surface area contributed by atoms with Crippen molar-refractivity contribution in [3.05, 3.63) is 64.4 Å². The molecule has 2 aromatic heterocycles. The number of ether oxygens (including phenoxy) is 2. The number of hydrogen-bond acceptors (Lipinski definition) is 9. The number of aliphatic hydroxyl groups is 1. The van der Waals surface area contributed by atoms with Crippen LogP contribution in [-0.4, -0.2) is 44.8 Å². The Morgan fingerprint density at radius 1 is 1.19 bits per heavy atom. The van der Waals surface area contributed by atoms with E-state index in [1.807, 2.05) is 16.0 Å². The topological polar surface area (TPSA) is 106 Å². The second-order valence-corrected chi connectivity index (χ2v) is 10.0. The van der Waals surface area contributed by atoms with Crippen molar-refractivity contribution in [2.24, 2.45) is 0 Å². The Labute approximate surface area is 221 Å². The van der Waals surface area contributed by atoms with E-state index < -0.39 is 0 Å². The molecule has 2 aromatic carbocycles. The number of rotatable bonds is 9. The van der Waals surface area contributed by atoms with Crippen molar-refractivity contribution < 1.29 is 19.0 Å². The Morgan fingerprint density at radius 3 is 2.68 bits per heavy atom. The third-order valence-electron chi connectivity index (χ3n) is 5.83. The molecule has 0 amide bonds. The Bertz CT molecular complexity index is 1520. The smallest absolute Gasteiger partial charge is 0.192 e. The zero-order valence-electron chi connectivity index (χ0n) is 20.0. The number of benzene rings is 2. The van der Waals surface area contributed by atoms with Crippen molar-refractivity contribution in [2.45, 2.75) is 24.0 Å².